The van der Waals surface area contributed by atoms with Crippen LogP contribution in [0.25, 0.3) is 0 Å². The third-order valence-corrected chi connectivity index (χ3v) is 4.93. The molecule has 0 unspecified atom stereocenters. The van der Waals surface area contributed by atoms with Gasteiger partial charge in [-0.05, 0) is 48.1 Å². The maximum atomic E-state index is 12.8. The summed E-state index contributed by atoms with van der Waals surface area (Å²) in [5, 5.41) is 9.65. The third-order valence-electron chi connectivity index (χ3n) is 4.69. The Morgan fingerprint density at radius 3 is 2.64 bits per heavy atom. The molecule has 132 valence electrons. The zero-order chi connectivity index (χ0) is 17.8. The monoisotopic (exact) mass is 359 g/mol. The average Bonchev–Trinajstić information content (AvgIpc) is 3.10. The largest absolute Gasteiger partial charge is 0.496 e. The number of hydrogen-bond donors (Lipinski definition) is 1. The lowest BCUT2D eigenvalue weighted by atomic mass is 9.98. The molecule has 1 N–H and O–H groups in total. The molecule has 0 aromatic heterocycles. The van der Waals surface area contributed by atoms with Crippen LogP contribution in [0.15, 0.2) is 42.5 Å². The van der Waals surface area contributed by atoms with E-state index in [9.17, 15) is 4.79 Å². The van der Waals surface area contributed by atoms with E-state index in [2.05, 4.69) is 12.1 Å². The van der Waals surface area contributed by atoms with Gasteiger partial charge in [0.25, 0.3) is 5.91 Å². The molecule has 1 amide bonds. The van der Waals surface area contributed by atoms with Gasteiger partial charge in [-0.15, -0.1) is 0 Å². The first-order valence-electron chi connectivity index (χ1n) is 8.42. The van der Waals surface area contributed by atoms with Crippen molar-refractivity contribution in [2.45, 2.75) is 19.4 Å². The van der Waals surface area contributed by atoms with E-state index in [4.69, 9.17) is 21.4 Å². The Kier molecular flexibility index (Phi) is 5.61. The van der Waals surface area contributed by atoms with Gasteiger partial charge in [-0.3, -0.25) is 4.79 Å². The van der Waals surface area contributed by atoms with Crippen molar-refractivity contribution in [3.63, 3.8) is 0 Å². The molecule has 1 heterocycles. The van der Waals surface area contributed by atoms with Crippen molar-refractivity contribution < 1.29 is 14.6 Å². The number of methoxy groups -OCH3 is 1. The van der Waals surface area contributed by atoms with E-state index in [-0.39, 0.29) is 12.5 Å². The molecule has 0 spiro atoms. The van der Waals surface area contributed by atoms with E-state index in [1.165, 1.54) is 5.56 Å². The topological polar surface area (TPSA) is 49.8 Å². The van der Waals surface area contributed by atoms with E-state index in [1.807, 2.05) is 17.0 Å². The fourth-order valence-electron chi connectivity index (χ4n) is 3.32. The van der Waals surface area contributed by atoms with Gasteiger partial charge in [-0.25, -0.2) is 0 Å². The van der Waals surface area contributed by atoms with Gasteiger partial charge in [-0.1, -0.05) is 35.9 Å². The van der Waals surface area contributed by atoms with Crippen molar-refractivity contribution in [1.29, 1.82) is 0 Å². The molecule has 2 aromatic carbocycles. The van der Waals surface area contributed by atoms with Gasteiger partial charge in [0.2, 0.25) is 0 Å². The van der Waals surface area contributed by atoms with E-state index >= 15 is 0 Å². The van der Waals surface area contributed by atoms with Crippen molar-refractivity contribution in [2.24, 2.45) is 5.92 Å². The number of aliphatic hydroxyl groups excluding tert-OH is 1. The highest BCUT2D eigenvalue weighted by Crippen LogP contribution is 2.28. The van der Waals surface area contributed by atoms with E-state index < -0.39 is 0 Å². The number of carbonyl (C=O) groups excluding carboxylic acids is 1. The minimum Gasteiger partial charge on any atom is -0.496 e. The Morgan fingerprint density at radius 1 is 1.24 bits per heavy atom. The second kappa shape index (κ2) is 7.89. The number of rotatable bonds is 5. The second-order valence-corrected chi connectivity index (χ2v) is 6.87. The van der Waals surface area contributed by atoms with E-state index in [1.54, 1.807) is 25.3 Å². The van der Waals surface area contributed by atoms with Crippen molar-refractivity contribution in [3.8, 4) is 5.75 Å². The van der Waals surface area contributed by atoms with Crippen molar-refractivity contribution in [1.82, 2.24) is 4.90 Å². The molecule has 1 atom stereocenters. The zero-order valence-electron chi connectivity index (χ0n) is 14.2. The molecule has 3 rings (SSSR count). The van der Waals surface area contributed by atoms with Crippen molar-refractivity contribution in [3.05, 3.63) is 64.2 Å². The molecule has 0 bridgehead atoms. The number of amides is 1. The minimum absolute atomic E-state index is 0.0301. The zero-order valence-corrected chi connectivity index (χ0v) is 15.0. The van der Waals surface area contributed by atoms with Crippen LogP contribution in [0.5, 0.6) is 5.75 Å². The number of halogens is 1. The van der Waals surface area contributed by atoms with Gasteiger partial charge in [0.1, 0.15) is 5.75 Å². The quantitative estimate of drug-likeness (QED) is 0.888. The first kappa shape index (κ1) is 17.8. The van der Waals surface area contributed by atoms with Gasteiger partial charge < -0.3 is 14.7 Å². The number of carbonyl (C=O) groups is 1. The van der Waals surface area contributed by atoms with Crippen LogP contribution in [0.3, 0.4) is 0 Å². The molecule has 2 aromatic rings. The van der Waals surface area contributed by atoms with Gasteiger partial charge >= 0.3 is 0 Å². The summed E-state index contributed by atoms with van der Waals surface area (Å²) in [4.78, 5) is 14.7. The maximum absolute atomic E-state index is 12.8. The summed E-state index contributed by atoms with van der Waals surface area (Å²) in [6, 6.07) is 13.1. The maximum Gasteiger partial charge on any atom is 0.257 e. The summed E-state index contributed by atoms with van der Waals surface area (Å²) < 4.78 is 5.30. The SMILES string of the molecule is COc1ccc(Cl)cc1C(=O)N1CC[C@H](Cc2ccc(CO)cc2)C1. The Hall–Kier alpha value is -2.04. The first-order valence-corrected chi connectivity index (χ1v) is 8.80. The van der Waals surface area contributed by atoms with Crippen LogP contribution in [0, 0.1) is 5.92 Å². The summed E-state index contributed by atoms with van der Waals surface area (Å²) in [6.45, 7) is 1.54. The predicted molar refractivity (Wildman–Crippen MR) is 98.1 cm³/mol. The second-order valence-electron chi connectivity index (χ2n) is 6.43. The minimum atomic E-state index is -0.0301. The summed E-state index contributed by atoms with van der Waals surface area (Å²) >= 11 is 6.04. The van der Waals surface area contributed by atoms with Gasteiger partial charge in [0.15, 0.2) is 0 Å². The van der Waals surface area contributed by atoms with Crippen LogP contribution in [0.4, 0.5) is 0 Å². The number of ether oxygens (including phenoxy) is 1. The molecule has 1 aliphatic heterocycles. The smallest absolute Gasteiger partial charge is 0.257 e. The van der Waals surface area contributed by atoms with Crippen molar-refractivity contribution in [2.75, 3.05) is 20.2 Å². The number of hydrogen-bond acceptors (Lipinski definition) is 3. The molecule has 0 saturated carbocycles. The first-order chi connectivity index (χ1) is 12.1. The third kappa shape index (κ3) is 4.14. The molecule has 1 saturated heterocycles. The Balaban J connectivity index is 1.66. The van der Waals surface area contributed by atoms with E-state index in [0.29, 0.717) is 22.3 Å². The average molecular weight is 360 g/mol. The summed E-state index contributed by atoms with van der Waals surface area (Å²) in [7, 11) is 1.56. The van der Waals surface area contributed by atoms with Gasteiger partial charge in [0.05, 0.1) is 19.3 Å². The molecule has 1 aliphatic rings. The lowest BCUT2D eigenvalue weighted by Gasteiger charge is -2.18. The molecule has 0 radical (unpaired) electrons. The van der Waals surface area contributed by atoms with Gasteiger partial charge in [-0.2, -0.15) is 0 Å². The van der Waals surface area contributed by atoms with Gasteiger partial charge in [0, 0.05) is 18.1 Å². The molecule has 4 nitrogen and oxygen atoms in total. The highest BCUT2D eigenvalue weighted by molar-refractivity contribution is 6.31. The summed E-state index contributed by atoms with van der Waals surface area (Å²) in [6.07, 6.45) is 1.92. The summed E-state index contributed by atoms with van der Waals surface area (Å²) in [5.74, 6) is 0.962. The van der Waals surface area contributed by atoms with Crippen LogP contribution < -0.4 is 4.74 Å². The van der Waals surface area contributed by atoms with Crippen LogP contribution in [-0.4, -0.2) is 36.1 Å². The normalized spacial score (nSPS) is 16.9. The molecule has 1 fully saturated rings. The molecule has 0 aliphatic carbocycles. The highest BCUT2D eigenvalue weighted by atomic mass is 35.5. The van der Waals surface area contributed by atoms with Crippen LogP contribution in [-0.2, 0) is 13.0 Å². The van der Waals surface area contributed by atoms with Crippen LogP contribution in [0.2, 0.25) is 5.02 Å². The van der Waals surface area contributed by atoms with Crippen LogP contribution in [0.1, 0.15) is 27.9 Å². The standard InChI is InChI=1S/C20H22ClNO3/c1-25-19-7-6-17(21)11-18(19)20(24)22-9-8-16(12-22)10-14-2-4-15(13-23)5-3-14/h2-7,11,16,23H,8-10,12-13H2,1H3/t16-/m1/s1. The van der Waals surface area contributed by atoms with Crippen LogP contribution >= 0.6 is 11.6 Å². The molecule has 5 heteroatoms. The number of benzene rings is 2. The van der Waals surface area contributed by atoms with Crippen molar-refractivity contribution >= 4 is 17.5 Å². The molecular weight excluding hydrogens is 338 g/mol. The molecular formula is C20H22ClNO3. The Morgan fingerprint density at radius 2 is 1.96 bits per heavy atom. The highest BCUT2D eigenvalue weighted by Gasteiger charge is 2.28. The predicted octanol–water partition coefficient (Wildman–Crippen LogP) is 3.55. The van der Waals surface area contributed by atoms with E-state index in [0.717, 1.165) is 31.5 Å². The Labute approximate surface area is 153 Å². The lowest BCUT2D eigenvalue weighted by molar-refractivity contribution is 0.0783. The fraction of sp³-hybridized carbons (Fsp3) is 0.350. The molecule has 25 heavy (non-hydrogen) atoms. The summed E-state index contributed by atoms with van der Waals surface area (Å²) in [5.41, 5.74) is 2.67. The fourth-order valence-corrected chi connectivity index (χ4v) is 3.49. The number of aliphatic hydroxyl groups is 1. The Bertz CT molecular complexity index is 745. The number of nitrogens with zero attached hydrogens (tertiary/aromatic N) is 1. The lowest BCUT2D eigenvalue weighted by Crippen LogP contribution is -2.29. The number of likely N-dealkylation sites (tertiary alicyclic amines) is 1.